The number of nitrogens with one attached hydrogen (secondary N) is 1. The predicted molar refractivity (Wildman–Crippen MR) is 92.3 cm³/mol. The van der Waals surface area contributed by atoms with E-state index in [1.807, 2.05) is 30.4 Å². The van der Waals surface area contributed by atoms with Crippen molar-refractivity contribution in [3.05, 3.63) is 45.7 Å². The number of aryl methyl sites for hydroxylation is 2. The van der Waals surface area contributed by atoms with Gasteiger partial charge in [0, 0.05) is 18.4 Å². The molecule has 2 aromatic rings. The summed E-state index contributed by atoms with van der Waals surface area (Å²) in [5.41, 5.74) is 6.24. The Morgan fingerprint density at radius 1 is 1.38 bits per heavy atom. The summed E-state index contributed by atoms with van der Waals surface area (Å²) in [6, 6.07) is 8.64. The van der Waals surface area contributed by atoms with Crippen molar-refractivity contribution in [2.45, 2.75) is 31.2 Å². The van der Waals surface area contributed by atoms with Gasteiger partial charge in [-0.1, -0.05) is 19.1 Å². The predicted octanol–water partition coefficient (Wildman–Crippen LogP) is 3.35. The summed E-state index contributed by atoms with van der Waals surface area (Å²) in [5, 5.41) is 4.43. The molecule has 0 aliphatic carbocycles. The van der Waals surface area contributed by atoms with Crippen LogP contribution in [0.25, 0.3) is 0 Å². The van der Waals surface area contributed by atoms with Crippen molar-refractivity contribution >= 4 is 27.7 Å². The molecular weight excluding hydrogens is 348 g/mol. The van der Waals surface area contributed by atoms with E-state index >= 15 is 0 Å². The third-order valence-electron chi connectivity index (χ3n) is 3.45. The van der Waals surface area contributed by atoms with E-state index in [1.165, 1.54) is 10.5 Å². The topological polar surface area (TPSA) is 55.9 Å². The Balaban J connectivity index is 2.19. The fraction of sp³-hybridized carbons (Fsp3) is 0.400. The molecule has 114 valence electrons. The van der Waals surface area contributed by atoms with Gasteiger partial charge in [-0.25, -0.2) is 0 Å². The van der Waals surface area contributed by atoms with Gasteiger partial charge in [0.1, 0.15) is 0 Å². The molecule has 4 nitrogen and oxygen atoms in total. The largest absolute Gasteiger partial charge is 0.271 e. The zero-order chi connectivity index (χ0) is 15.4. The lowest BCUT2D eigenvalue weighted by molar-refractivity contribution is 0.529. The first-order valence-electron chi connectivity index (χ1n) is 6.93. The molecule has 1 heterocycles. The van der Waals surface area contributed by atoms with E-state index in [2.05, 4.69) is 57.6 Å². The third-order valence-corrected chi connectivity index (χ3v) is 5.38. The molecular formula is C15H21BrN4S. The van der Waals surface area contributed by atoms with Gasteiger partial charge in [-0.05, 0) is 46.3 Å². The minimum atomic E-state index is 0.0665. The number of benzene rings is 1. The van der Waals surface area contributed by atoms with E-state index in [0.29, 0.717) is 0 Å². The van der Waals surface area contributed by atoms with Crippen LogP contribution in [0, 0.1) is 6.92 Å². The average Bonchev–Trinajstić information content (AvgIpc) is 2.72. The molecule has 0 saturated heterocycles. The molecule has 0 fully saturated rings. The lowest BCUT2D eigenvalue weighted by atomic mass is 10.0. The van der Waals surface area contributed by atoms with Gasteiger partial charge in [0.2, 0.25) is 0 Å². The van der Waals surface area contributed by atoms with E-state index in [-0.39, 0.29) is 6.04 Å². The van der Waals surface area contributed by atoms with Crippen LogP contribution in [-0.4, -0.2) is 15.5 Å². The smallest absolute Gasteiger partial charge is 0.0738 e. The summed E-state index contributed by atoms with van der Waals surface area (Å²) >= 11 is 5.45. The number of thioether (sulfide) groups is 1. The second-order valence-corrected chi connectivity index (χ2v) is 7.03. The Morgan fingerprint density at radius 2 is 2.05 bits per heavy atom. The molecule has 1 aromatic carbocycles. The molecule has 3 N–H and O–H groups in total. The molecule has 0 aliphatic heterocycles. The van der Waals surface area contributed by atoms with Gasteiger partial charge in [-0.3, -0.25) is 16.0 Å². The van der Waals surface area contributed by atoms with E-state index in [1.54, 1.807) is 0 Å². The molecule has 0 spiro atoms. The minimum Gasteiger partial charge on any atom is -0.271 e. The van der Waals surface area contributed by atoms with Crippen molar-refractivity contribution in [2.24, 2.45) is 12.9 Å². The van der Waals surface area contributed by atoms with Crippen molar-refractivity contribution in [1.82, 2.24) is 15.2 Å². The Morgan fingerprint density at radius 3 is 2.52 bits per heavy atom. The van der Waals surface area contributed by atoms with Crippen molar-refractivity contribution < 1.29 is 0 Å². The summed E-state index contributed by atoms with van der Waals surface area (Å²) < 4.78 is 2.97. The summed E-state index contributed by atoms with van der Waals surface area (Å²) in [6.07, 6.45) is 0.786. The first-order chi connectivity index (χ1) is 10.1. The van der Waals surface area contributed by atoms with Gasteiger partial charge in [0.25, 0.3) is 0 Å². The standard InChI is InChI=1S/C15H21BrN4S/c1-4-21-12-7-5-11(6-8-12)13(18-17)9-14-15(16)10(2)19-20(14)3/h5-8,13,18H,4,9,17H2,1-3H3. The molecule has 0 radical (unpaired) electrons. The van der Waals surface area contributed by atoms with Crippen molar-refractivity contribution in [3.8, 4) is 0 Å². The normalized spacial score (nSPS) is 12.6. The van der Waals surface area contributed by atoms with Crippen molar-refractivity contribution in [1.29, 1.82) is 0 Å². The van der Waals surface area contributed by atoms with Crippen LogP contribution in [0.5, 0.6) is 0 Å². The van der Waals surface area contributed by atoms with Crippen molar-refractivity contribution in [3.63, 3.8) is 0 Å². The SMILES string of the molecule is CCSc1ccc(C(Cc2c(Br)c(C)nn2C)NN)cc1. The van der Waals surface area contributed by atoms with E-state index < -0.39 is 0 Å². The van der Waals surface area contributed by atoms with Crippen LogP contribution in [0.2, 0.25) is 0 Å². The Labute approximate surface area is 138 Å². The van der Waals surface area contributed by atoms with Crippen LogP contribution in [0.1, 0.15) is 29.9 Å². The van der Waals surface area contributed by atoms with E-state index in [9.17, 15) is 0 Å². The Hall–Kier alpha value is -0.820. The maximum Gasteiger partial charge on any atom is 0.0738 e. The first-order valence-corrected chi connectivity index (χ1v) is 8.71. The number of nitrogens with zero attached hydrogens (tertiary/aromatic N) is 2. The second-order valence-electron chi connectivity index (χ2n) is 4.90. The number of aromatic nitrogens is 2. The second kappa shape index (κ2) is 7.45. The number of hydrogen-bond acceptors (Lipinski definition) is 4. The summed E-state index contributed by atoms with van der Waals surface area (Å²) in [6.45, 7) is 4.15. The zero-order valence-corrected chi connectivity index (χ0v) is 15.0. The molecule has 0 aliphatic rings. The van der Waals surface area contributed by atoms with Crippen LogP contribution in [0.3, 0.4) is 0 Å². The molecule has 1 atom stereocenters. The highest BCUT2D eigenvalue weighted by atomic mass is 79.9. The number of nitrogens with two attached hydrogens (primary N) is 1. The lowest BCUT2D eigenvalue weighted by Gasteiger charge is -2.17. The highest BCUT2D eigenvalue weighted by Gasteiger charge is 2.17. The quantitative estimate of drug-likeness (QED) is 0.466. The lowest BCUT2D eigenvalue weighted by Crippen LogP contribution is -2.30. The van der Waals surface area contributed by atoms with Crippen LogP contribution >= 0.6 is 27.7 Å². The van der Waals surface area contributed by atoms with Crippen LogP contribution < -0.4 is 11.3 Å². The summed E-state index contributed by atoms with van der Waals surface area (Å²) in [4.78, 5) is 1.29. The van der Waals surface area contributed by atoms with Gasteiger partial charge in [0.05, 0.1) is 21.9 Å². The summed E-state index contributed by atoms with van der Waals surface area (Å²) in [5.74, 6) is 6.84. The number of hydrazine groups is 1. The summed E-state index contributed by atoms with van der Waals surface area (Å²) in [7, 11) is 1.96. The Kier molecular flexibility index (Phi) is 5.87. The molecule has 0 bridgehead atoms. The molecule has 6 heteroatoms. The first kappa shape index (κ1) is 16.5. The number of halogens is 1. The van der Waals surface area contributed by atoms with Gasteiger partial charge in [0.15, 0.2) is 0 Å². The Bertz CT molecular complexity index is 594. The maximum absolute atomic E-state index is 5.76. The van der Waals surface area contributed by atoms with E-state index in [4.69, 9.17) is 5.84 Å². The zero-order valence-electron chi connectivity index (χ0n) is 12.6. The molecule has 1 aromatic heterocycles. The van der Waals surface area contributed by atoms with Gasteiger partial charge >= 0.3 is 0 Å². The average molecular weight is 369 g/mol. The fourth-order valence-electron chi connectivity index (χ4n) is 2.33. The third kappa shape index (κ3) is 3.88. The number of hydrogen-bond donors (Lipinski definition) is 2. The molecule has 2 rings (SSSR count). The van der Waals surface area contributed by atoms with Gasteiger partial charge in [-0.15, -0.1) is 11.8 Å². The van der Waals surface area contributed by atoms with Crippen LogP contribution in [0.4, 0.5) is 0 Å². The van der Waals surface area contributed by atoms with Crippen molar-refractivity contribution in [2.75, 3.05) is 5.75 Å². The number of rotatable bonds is 6. The molecule has 0 saturated carbocycles. The maximum atomic E-state index is 5.76. The highest BCUT2D eigenvalue weighted by Crippen LogP contribution is 2.27. The molecule has 21 heavy (non-hydrogen) atoms. The van der Waals surface area contributed by atoms with E-state index in [0.717, 1.165) is 28.0 Å². The monoisotopic (exact) mass is 368 g/mol. The van der Waals surface area contributed by atoms with Gasteiger partial charge in [-0.2, -0.15) is 5.10 Å². The van der Waals surface area contributed by atoms with Crippen LogP contribution in [0.15, 0.2) is 33.6 Å². The molecule has 0 amide bonds. The van der Waals surface area contributed by atoms with Crippen LogP contribution in [-0.2, 0) is 13.5 Å². The minimum absolute atomic E-state index is 0.0665. The van der Waals surface area contributed by atoms with Gasteiger partial charge < -0.3 is 0 Å². The molecule has 1 unspecified atom stereocenters. The highest BCUT2D eigenvalue weighted by molar-refractivity contribution is 9.10. The fourth-order valence-corrected chi connectivity index (χ4v) is 3.49.